The molecule has 0 saturated carbocycles. The maximum Gasteiger partial charge on any atom is 0.287 e. The molecule has 1 aromatic carbocycles. The van der Waals surface area contributed by atoms with E-state index in [2.05, 4.69) is 10.6 Å². The molecule has 100 valence electrons. The van der Waals surface area contributed by atoms with Gasteiger partial charge in [0.1, 0.15) is 5.58 Å². The molecule has 1 aliphatic rings. The summed E-state index contributed by atoms with van der Waals surface area (Å²) < 4.78 is 5.52. The Balaban J connectivity index is 1.57. The molecule has 0 aliphatic carbocycles. The van der Waals surface area contributed by atoms with Gasteiger partial charge in [-0.25, -0.2) is 0 Å². The first-order chi connectivity index (χ1) is 9.33. The molecule has 0 spiro atoms. The highest BCUT2D eigenvalue weighted by atomic mass is 16.3. The lowest BCUT2D eigenvalue weighted by Crippen LogP contribution is -2.30. The van der Waals surface area contributed by atoms with Crippen LogP contribution < -0.4 is 10.6 Å². The zero-order valence-electron chi connectivity index (χ0n) is 10.8. The second-order valence-corrected chi connectivity index (χ2v) is 4.99. The van der Waals surface area contributed by atoms with Crippen molar-refractivity contribution in [3.05, 3.63) is 36.1 Å². The van der Waals surface area contributed by atoms with Crippen molar-refractivity contribution < 1.29 is 9.21 Å². The van der Waals surface area contributed by atoms with Gasteiger partial charge < -0.3 is 15.1 Å². The summed E-state index contributed by atoms with van der Waals surface area (Å²) in [4.78, 5) is 12.0. The topological polar surface area (TPSA) is 54.3 Å². The summed E-state index contributed by atoms with van der Waals surface area (Å²) in [6.45, 7) is 1.79. The third-order valence-electron chi connectivity index (χ3n) is 3.59. The summed E-state index contributed by atoms with van der Waals surface area (Å²) in [5.74, 6) is 0.259. The van der Waals surface area contributed by atoms with E-state index in [4.69, 9.17) is 4.42 Å². The molecule has 1 amide bonds. The molecular weight excluding hydrogens is 240 g/mol. The van der Waals surface area contributed by atoms with Crippen LogP contribution in [0.5, 0.6) is 0 Å². The second kappa shape index (κ2) is 5.45. The number of carbonyl (C=O) groups is 1. The largest absolute Gasteiger partial charge is 0.451 e. The molecule has 1 saturated heterocycles. The Morgan fingerprint density at radius 2 is 2.32 bits per heavy atom. The average molecular weight is 258 g/mol. The number of amides is 1. The van der Waals surface area contributed by atoms with Crippen LogP contribution in [0.15, 0.2) is 34.7 Å². The molecule has 4 heteroatoms. The highest BCUT2D eigenvalue weighted by Crippen LogP contribution is 2.18. The van der Waals surface area contributed by atoms with Crippen LogP contribution in [0, 0.1) is 0 Å². The molecule has 0 unspecified atom stereocenters. The van der Waals surface area contributed by atoms with Crippen LogP contribution in [0.3, 0.4) is 0 Å². The molecule has 0 bridgehead atoms. The summed E-state index contributed by atoms with van der Waals surface area (Å²) in [5, 5.41) is 7.29. The van der Waals surface area contributed by atoms with Gasteiger partial charge in [-0.3, -0.25) is 4.79 Å². The first kappa shape index (κ1) is 12.2. The van der Waals surface area contributed by atoms with Gasteiger partial charge >= 0.3 is 0 Å². The number of benzene rings is 1. The predicted molar refractivity (Wildman–Crippen MR) is 74.2 cm³/mol. The first-order valence-corrected chi connectivity index (χ1v) is 6.83. The molecule has 1 fully saturated rings. The molecule has 1 atom stereocenters. The molecule has 2 aromatic rings. The number of para-hydroxylation sites is 1. The molecule has 4 nitrogen and oxygen atoms in total. The highest BCUT2D eigenvalue weighted by molar-refractivity contribution is 5.95. The van der Waals surface area contributed by atoms with Gasteiger partial charge in [-0.1, -0.05) is 18.2 Å². The maximum absolute atomic E-state index is 12.0. The molecule has 2 heterocycles. The lowest BCUT2D eigenvalue weighted by molar-refractivity contribution is 0.0927. The van der Waals surface area contributed by atoms with Crippen molar-refractivity contribution in [3.63, 3.8) is 0 Å². The Bertz CT molecular complexity index is 537. The van der Waals surface area contributed by atoms with Gasteiger partial charge in [0.2, 0.25) is 0 Å². The zero-order chi connectivity index (χ0) is 13.1. The molecule has 19 heavy (non-hydrogen) atoms. The first-order valence-electron chi connectivity index (χ1n) is 6.83. The average Bonchev–Trinajstić information content (AvgIpc) is 3.07. The van der Waals surface area contributed by atoms with Crippen molar-refractivity contribution in [2.75, 3.05) is 13.1 Å². The number of furan rings is 1. The standard InChI is InChI=1S/C15H18N2O2/c18-15(17-9-7-12-5-3-8-16-12)14-10-11-4-1-2-6-13(11)19-14/h1-2,4,6,10,12,16H,3,5,7-9H2,(H,17,18)/t12-/m1/s1. The van der Waals surface area contributed by atoms with Crippen molar-refractivity contribution in [3.8, 4) is 0 Å². The van der Waals surface area contributed by atoms with Crippen molar-refractivity contribution in [2.45, 2.75) is 25.3 Å². The van der Waals surface area contributed by atoms with E-state index < -0.39 is 0 Å². The molecule has 3 rings (SSSR count). The van der Waals surface area contributed by atoms with E-state index >= 15 is 0 Å². The number of nitrogens with one attached hydrogen (secondary N) is 2. The van der Waals surface area contributed by atoms with E-state index in [1.165, 1.54) is 12.8 Å². The van der Waals surface area contributed by atoms with Crippen molar-refractivity contribution in [1.82, 2.24) is 10.6 Å². The molecular formula is C15H18N2O2. The van der Waals surface area contributed by atoms with Gasteiger partial charge in [0.25, 0.3) is 5.91 Å². The lowest BCUT2D eigenvalue weighted by Gasteiger charge is -2.09. The summed E-state index contributed by atoms with van der Waals surface area (Å²) >= 11 is 0. The van der Waals surface area contributed by atoms with E-state index in [0.29, 0.717) is 18.3 Å². The van der Waals surface area contributed by atoms with Gasteiger partial charge in [0.05, 0.1) is 0 Å². The number of rotatable bonds is 4. The smallest absolute Gasteiger partial charge is 0.287 e. The Kier molecular flexibility index (Phi) is 3.51. The van der Waals surface area contributed by atoms with E-state index in [-0.39, 0.29) is 5.91 Å². The summed E-state index contributed by atoms with van der Waals surface area (Å²) in [6.07, 6.45) is 3.43. The van der Waals surface area contributed by atoms with Crippen molar-refractivity contribution >= 4 is 16.9 Å². The summed E-state index contributed by atoms with van der Waals surface area (Å²) in [5.41, 5.74) is 0.755. The van der Waals surface area contributed by atoms with Crippen LogP contribution in [0.1, 0.15) is 29.8 Å². The Labute approximate surface area is 112 Å². The van der Waals surface area contributed by atoms with Crippen molar-refractivity contribution in [1.29, 1.82) is 0 Å². The van der Waals surface area contributed by atoms with Crippen LogP contribution in [0.25, 0.3) is 11.0 Å². The van der Waals surface area contributed by atoms with Crippen LogP contribution in [0.2, 0.25) is 0 Å². The van der Waals surface area contributed by atoms with Crippen LogP contribution in [-0.2, 0) is 0 Å². The minimum Gasteiger partial charge on any atom is -0.451 e. The van der Waals surface area contributed by atoms with Gasteiger partial charge in [-0.05, 0) is 37.9 Å². The Morgan fingerprint density at radius 1 is 1.42 bits per heavy atom. The van der Waals surface area contributed by atoms with Gasteiger partial charge in [0, 0.05) is 18.0 Å². The fourth-order valence-corrected chi connectivity index (χ4v) is 2.54. The quantitative estimate of drug-likeness (QED) is 0.884. The third-order valence-corrected chi connectivity index (χ3v) is 3.59. The zero-order valence-corrected chi connectivity index (χ0v) is 10.8. The summed E-state index contributed by atoms with van der Waals surface area (Å²) in [6, 6.07) is 9.99. The highest BCUT2D eigenvalue weighted by Gasteiger charge is 2.15. The van der Waals surface area contributed by atoms with Crippen LogP contribution in [0.4, 0.5) is 0 Å². The monoisotopic (exact) mass is 258 g/mol. The van der Waals surface area contributed by atoms with Gasteiger partial charge in [0.15, 0.2) is 5.76 Å². The Morgan fingerprint density at radius 3 is 3.11 bits per heavy atom. The molecule has 1 aliphatic heterocycles. The lowest BCUT2D eigenvalue weighted by atomic mass is 10.1. The number of fused-ring (bicyclic) bond motifs is 1. The number of hydrogen-bond donors (Lipinski definition) is 2. The van der Waals surface area contributed by atoms with E-state index in [9.17, 15) is 4.79 Å². The fourth-order valence-electron chi connectivity index (χ4n) is 2.54. The van der Waals surface area contributed by atoms with Gasteiger partial charge in [-0.15, -0.1) is 0 Å². The Hall–Kier alpha value is -1.81. The van der Waals surface area contributed by atoms with E-state index in [1.807, 2.05) is 24.3 Å². The van der Waals surface area contributed by atoms with Crippen molar-refractivity contribution in [2.24, 2.45) is 0 Å². The number of hydrogen-bond acceptors (Lipinski definition) is 3. The van der Waals surface area contributed by atoms with Crippen LogP contribution in [-0.4, -0.2) is 25.0 Å². The minimum atomic E-state index is -0.130. The third kappa shape index (κ3) is 2.79. The normalized spacial score (nSPS) is 18.8. The summed E-state index contributed by atoms with van der Waals surface area (Å²) in [7, 11) is 0. The molecule has 1 aromatic heterocycles. The SMILES string of the molecule is O=C(NCC[C@H]1CCCN1)c1cc2ccccc2o1. The van der Waals surface area contributed by atoms with E-state index in [0.717, 1.165) is 23.9 Å². The van der Waals surface area contributed by atoms with Gasteiger partial charge in [-0.2, -0.15) is 0 Å². The molecule has 0 radical (unpaired) electrons. The van der Waals surface area contributed by atoms with Crippen LogP contribution >= 0.6 is 0 Å². The maximum atomic E-state index is 12.0. The second-order valence-electron chi connectivity index (χ2n) is 4.99. The fraction of sp³-hybridized carbons (Fsp3) is 0.400. The minimum absolute atomic E-state index is 0.130. The predicted octanol–water partition coefficient (Wildman–Crippen LogP) is 2.30. The molecule has 2 N–H and O–H groups in total. The van der Waals surface area contributed by atoms with E-state index in [1.54, 1.807) is 6.07 Å². The number of carbonyl (C=O) groups excluding carboxylic acids is 1.